The van der Waals surface area contributed by atoms with Crippen molar-refractivity contribution in [3.05, 3.63) is 102 Å². The average molecular weight is 497 g/mol. The van der Waals surface area contributed by atoms with Crippen molar-refractivity contribution >= 4 is 50.8 Å². The van der Waals surface area contributed by atoms with Gasteiger partial charge in [-0.1, -0.05) is 42.5 Å². The normalized spacial score (nSPS) is 11.8. The van der Waals surface area contributed by atoms with Gasteiger partial charge >= 0.3 is 0 Å². The van der Waals surface area contributed by atoms with Gasteiger partial charge in [-0.25, -0.2) is 4.39 Å². The van der Waals surface area contributed by atoms with Crippen LogP contribution in [0.1, 0.15) is 18.1 Å². The summed E-state index contributed by atoms with van der Waals surface area (Å²) in [6, 6.07) is 21.5. The number of carbonyl (C=O) groups is 3. The Morgan fingerprint density at radius 3 is 2.42 bits per heavy atom. The summed E-state index contributed by atoms with van der Waals surface area (Å²) in [4.78, 5) is 37.5. The Labute approximate surface area is 211 Å². The molecule has 0 fully saturated rings. The van der Waals surface area contributed by atoms with Crippen molar-refractivity contribution in [1.82, 2.24) is 0 Å². The third-order valence-corrected chi connectivity index (χ3v) is 6.86. The highest BCUT2D eigenvalue weighted by atomic mass is 32.2. The maximum Gasteiger partial charge on any atom is 0.248 e. The number of hydrogen-bond donors (Lipinski definition) is 2. The third kappa shape index (κ3) is 4.92. The molecule has 0 saturated heterocycles. The molecule has 1 aliphatic carbocycles. The first-order chi connectivity index (χ1) is 17.4. The standard InChI is InChI=1S/C29H21FN2O3S/c1-17(33)31-26-11-6-18-4-2-3-5-25(18)29(26)36-28(35)13-12-27(34)32-22-8-10-24-20(16-22)14-19-15-21(30)7-9-23(19)24/h2-13,15-16H,14H2,1H3,(H,31,33)(H,32,34)/b13-12+. The van der Waals surface area contributed by atoms with Crippen LogP contribution in [0.2, 0.25) is 0 Å². The minimum atomic E-state index is -0.439. The number of carbonyl (C=O) groups excluding carboxylic acids is 3. The van der Waals surface area contributed by atoms with Crippen LogP contribution >= 0.6 is 11.8 Å². The summed E-state index contributed by atoms with van der Waals surface area (Å²) in [5, 5.41) is 6.96. The molecule has 0 bridgehead atoms. The van der Waals surface area contributed by atoms with Gasteiger partial charge in [0, 0.05) is 23.6 Å². The van der Waals surface area contributed by atoms with Crippen LogP contribution in [0.4, 0.5) is 15.8 Å². The van der Waals surface area contributed by atoms with Gasteiger partial charge in [-0.3, -0.25) is 14.4 Å². The summed E-state index contributed by atoms with van der Waals surface area (Å²) >= 11 is 0.949. The molecular formula is C29H21FN2O3S. The lowest BCUT2D eigenvalue weighted by Crippen LogP contribution is -2.09. The van der Waals surface area contributed by atoms with E-state index >= 15 is 0 Å². The zero-order chi connectivity index (χ0) is 25.2. The second-order valence-electron chi connectivity index (χ2n) is 8.44. The highest BCUT2D eigenvalue weighted by molar-refractivity contribution is 8.14. The van der Waals surface area contributed by atoms with Crippen LogP contribution in [0.25, 0.3) is 21.9 Å². The first-order valence-corrected chi connectivity index (χ1v) is 12.1. The molecule has 0 unspecified atom stereocenters. The summed E-state index contributed by atoms with van der Waals surface area (Å²) in [5.41, 5.74) is 5.08. The van der Waals surface area contributed by atoms with Crippen LogP contribution in [-0.4, -0.2) is 16.9 Å². The Bertz CT molecular complexity index is 1580. The predicted molar refractivity (Wildman–Crippen MR) is 142 cm³/mol. The van der Waals surface area contributed by atoms with E-state index in [0.717, 1.165) is 44.8 Å². The molecule has 0 aromatic heterocycles. The van der Waals surface area contributed by atoms with Crippen molar-refractivity contribution in [2.45, 2.75) is 18.2 Å². The molecule has 0 radical (unpaired) electrons. The summed E-state index contributed by atoms with van der Waals surface area (Å²) in [7, 11) is 0. The minimum absolute atomic E-state index is 0.239. The van der Waals surface area contributed by atoms with Gasteiger partial charge in [-0.05, 0) is 87.6 Å². The minimum Gasteiger partial charge on any atom is -0.325 e. The topological polar surface area (TPSA) is 75.3 Å². The van der Waals surface area contributed by atoms with Crippen molar-refractivity contribution in [2.75, 3.05) is 10.6 Å². The zero-order valence-corrected chi connectivity index (χ0v) is 20.1. The number of halogens is 1. The Balaban J connectivity index is 1.28. The second-order valence-corrected chi connectivity index (χ2v) is 9.45. The molecule has 0 aliphatic heterocycles. The van der Waals surface area contributed by atoms with Gasteiger partial charge in [0.15, 0.2) is 0 Å². The first-order valence-electron chi connectivity index (χ1n) is 11.3. The number of anilines is 2. The fraction of sp³-hybridized carbons (Fsp3) is 0.0690. The molecule has 0 heterocycles. The highest BCUT2D eigenvalue weighted by Gasteiger charge is 2.19. The van der Waals surface area contributed by atoms with Crippen molar-refractivity contribution < 1.29 is 18.8 Å². The quantitative estimate of drug-likeness (QED) is 0.221. The van der Waals surface area contributed by atoms with Gasteiger partial charge in [0.25, 0.3) is 0 Å². The Morgan fingerprint density at radius 2 is 1.61 bits per heavy atom. The lowest BCUT2D eigenvalue weighted by atomic mass is 10.1. The summed E-state index contributed by atoms with van der Waals surface area (Å²) in [6.45, 7) is 1.41. The number of fused-ring (bicyclic) bond motifs is 4. The molecule has 178 valence electrons. The van der Waals surface area contributed by atoms with Crippen LogP contribution in [0.5, 0.6) is 0 Å². The van der Waals surface area contributed by atoms with Crippen molar-refractivity contribution in [3.63, 3.8) is 0 Å². The van der Waals surface area contributed by atoms with E-state index in [4.69, 9.17) is 0 Å². The number of nitrogens with one attached hydrogen (secondary N) is 2. The Morgan fingerprint density at radius 1 is 0.861 bits per heavy atom. The van der Waals surface area contributed by atoms with Gasteiger partial charge in [-0.15, -0.1) is 0 Å². The molecule has 1 aliphatic rings. The van der Waals surface area contributed by atoms with E-state index in [1.165, 1.54) is 31.2 Å². The van der Waals surface area contributed by atoms with E-state index in [2.05, 4.69) is 10.6 Å². The molecule has 2 amide bonds. The molecule has 4 aromatic carbocycles. The van der Waals surface area contributed by atoms with Gasteiger partial charge in [0.05, 0.1) is 5.69 Å². The Kier molecular flexibility index (Phi) is 6.40. The second kappa shape index (κ2) is 9.79. The van der Waals surface area contributed by atoms with Crippen LogP contribution in [0.15, 0.2) is 89.8 Å². The van der Waals surface area contributed by atoms with Gasteiger partial charge < -0.3 is 10.6 Å². The average Bonchev–Trinajstić information content (AvgIpc) is 3.20. The zero-order valence-electron chi connectivity index (χ0n) is 19.3. The number of rotatable bonds is 5. The molecular weight excluding hydrogens is 475 g/mol. The third-order valence-electron chi connectivity index (χ3n) is 5.87. The molecule has 5 nitrogen and oxygen atoms in total. The fourth-order valence-electron chi connectivity index (χ4n) is 4.36. The molecule has 0 atom stereocenters. The maximum atomic E-state index is 13.6. The number of amides is 2. The smallest absolute Gasteiger partial charge is 0.248 e. The van der Waals surface area contributed by atoms with Crippen LogP contribution in [0, 0.1) is 5.82 Å². The Hall–Kier alpha value is -4.23. The molecule has 5 rings (SSSR count). The van der Waals surface area contributed by atoms with Crippen LogP contribution in [-0.2, 0) is 20.8 Å². The summed E-state index contributed by atoms with van der Waals surface area (Å²) in [5.74, 6) is -0.946. The first kappa shape index (κ1) is 23.5. The molecule has 0 spiro atoms. The number of thioether (sulfide) groups is 1. The predicted octanol–water partition coefficient (Wildman–Crippen LogP) is 6.32. The molecule has 2 N–H and O–H groups in total. The van der Waals surface area contributed by atoms with Gasteiger partial charge in [0.2, 0.25) is 16.9 Å². The van der Waals surface area contributed by atoms with E-state index in [-0.39, 0.29) is 16.8 Å². The van der Waals surface area contributed by atoms with E-state index in [9.17, 15) is 18.8 Å². The van der Waals surface area contributed by atoms with Crippen molar-refractivity contribution in [1.29, 1.82) is 0 Å². The largest absolute Gasteiger partial charge is 0.325 e. The molecule has 4 aromatic rings. The fourth-order valence-corrected chi connectivity index (χ4v) is 5.22. The summed E-state index contributed by atoms with van der Waals surface area (Å²) in [6.07, 6.45) is 3.00. The van der Waals surface area contributed by atoms with Crippen LogP contribution < -0.4 is 10.6 Å². The van der Waals surface area contributed by atoms with E-state index in [1.807, 2.05) is 42.5 Å². The lowest BCUT2D eigenvalue weighted by molar-refractivity contribution is -0.114. The van der Waals surface area contributed by atoms with E-state index in [0.29, 0.717) is 22.7 Å². The monoisotopic (exact) mass is 496 g/mol. The molecule has 0 saturated carbocycles. The maximum absolute atomic E-state index is 13.6. The lowest BCUT2D eigenvalue weighted by Gasteiger charge is -2.11. The number of benzene rings is 4. The van der Waals surface area contributed by atoms with E-state index in [1.54, 1.807) is 18.2 Å². The SMILES string of the molecule is CC(=O)Nc1ccc2ccccc2c1SC(=O)/C=C/C(=O)Nc1ccc2c(c1)Cc1cc(F)ccc1-2. The van der Waals surface area contributed by atoms with Gasteiger partial charge in [-0.2, -0.15) is 0 Å². The highest BCUT2D eigenvalue weighted by Crippen LogP contribution is 2.38. The van der Waals surface area contributed by atoms with Gasteiger partial charge in [0.1, 0.15) is 5.82 Å². The summed E-state index contributed by atoms with van der Waals surface area (Å²) < 4.78 is 13.6. The number of hydrogen-bond acceptors (Lipinski definition) is 4. The molecule has 7 heteroatoms. The van der Waals surface area contributed by atoms with Crippen molar-refractivity contribution in [3.8, 4) is 11.1 Å². The molecule has 36 heavy (non-hydrogen) atoms. The van der Waals surface area contributed by atoms with E-state index < -0.39 is 5.91 Å². The van der Waals surface area contributed by atoms with Crippen molar-refractivity contribution in [2.24, 2.45) is 0 Å². The van der Waals surface area contributed by atoms with Crippen LogP contribution in [0.3, 0.4) is 0 Å².